The summed E-state index contributed by atoms with van der Waals surface area (Å²) in [5.41, 5.74) is 2.48. The summed E-state index contributed by atoms with van der Waals surface area (Å²) in [6.07, 6.45) is 1.24. The normalized spacial score (nSPS) is 16.7. The average Bonchev–Trinajstić information content (AvgIpc) is 3.30. The zero-order chi connectivity index (χ0) is 25.4. The first-order chi connectivity index (χ1) is 16.8. The Hall–Kier alpha value is -1.93. The molecule has 2 heterocycles. The molecule has 0 unspecified atom stereocenters. The maximum absolute atomic E-state index is 13.5. The summed E-state index contributed by atoms with van der Waals surface area (Å²) in [6.45, 7) is 13.2. The van der Waals surface area contributed by atoms with Crippen LogP contribution in [0, 0.1) is 0 Å². The van der Waals surface area contributed by atoms with Crippen molar-refractivity contribution in [2.45, 2.75) is 71.6 Å². The highest BCUT2D eigenvalue weighted by Crippen LogP contribution is 2.34. The summed E-state index contributed by atoms with van der Waals surface area (Å²) in [6, 6.07) is 10.3. The number of rotatable bonds is 13. The maximum atomic E-state index is 13.5. The first-order valence-electron chi connectivity index (χ1n) is 12.9. The van der Waals surface area contributed by atoms with Gasteiger partial charge in [0.05, 0.1) is 31.4 Å². The lowest BCUT2D eigenvalue weighted by Crippen LogP contribution is -2.48. The predicted molar refractivity (Wildman–Crippen MR) is 142 cm³/mol. The van der Waals surface area contributed by atoms with Crippen molar-refractivity contribution in [3.05, 3.63) is 51.7 Å². The van der Waals surface area contributed by atoms with Crippen LogP contribution in [0.3, 0.4) is 0 Å². The van der Waals surface area contributed by atoms with E-state index in [1.807, 2.05) is 35.8 Å². The minimum atomic E-state index is -0.616. The number of carbonyl (C=O) groups excluding carboxylic acids is 1. The van der Waals surface area contributed by atoms with E-state index >= 15 is 0 Å². The minimum absolute atomic E-state index is 0.0707. The summed E-state index contributed by atoms with van der Waals surface area (Å²) in [5, 5.41) is 12.5. The molecule has 1 N–H and O–H groups in total. The van der Waals surface area contributed by atoms with Gasteiger partial charge in [0.1, 0.15) is 12.4 Å². The van der Waals surface area contributed by atoms with E-state index in [4.69, 9.17) is 9.47 Å². The molecule has 194 valence electrons. The number of fused-ring (bicyclic) bond motifs is 1. The van der Waals surface area contributed by atoms with Crippen LogP contribution >= 0.6 is 11.3 Å². The fraction of sp³-hybridized carbons (Fsp3) is 0.607. The Balaban J connectivity index is 1.67. The molecular weight excluding hydrogens is 460 g/mol. The molecule has 1 aliphatic rings. The Labute approximate surface area is 214 Å². The molecule has 1 aromatic carbocycles. The second-order valence-electron chi connectivity index (χ2n) is 9.96. The molecule has 0 bridgehead atoms. The number of carbonyl (C=O) groups is 1. The van der Waals surface area contributed by atoms with Crippen LogP contribution < -0.4 is 4.74 Å². The number of ether oxygens (including phenoxy) is 2. The second-order valence-corrected chi connectivity index (χ2v) is 11.0. The highest BCUT2D eigenvalue weighted by atomic mass is 32.1. The van der Waals surface area contributed by atoms with Crippen molar-refractivity contribution >= 4 is 17.2 Å². The van der Waals surface area contributed by atoms with Gasteiger partial charge in [0.25, 0.3) is 0 Å². The number of thiophene rings is 1. The van der Waals surface area contributed by atoms with E-state index in [-0.39, 0.29) is 31.2 Å². The highest BCUT2D eigenvalue weighted by Gasteiger charge is 2.33. The van der Waals surface area contributed by atoms with Crippen molar-refractivity contribution in [3.63, 3.8) is 0 Å². The van der Waals surface area contributed by atoms with E-state index in [9.17, 15) is 9.90 Å². The Morgan fingerprint density at radius 3 is 2.60 bits per heavy atom. The Bertz CT molecular complexity index is 912. The van der Waals surface area contributed by atoms with Gasteiger partial charge in [0.2, 0.25) is 5.91 Å². The van der Waals surface area contributed by atoms with E-state index in [1.165, 1.54) is 16.0 Å². The van der Waals surface area contributed by atoms with Crippen molar-refractivity contribution in [2.75, 3.05) is 39.4 Å². The molecule has 0 aliphatic carbocycles. The molecule has 2 aromatic rings. The molecule has 0 saturated carbocycles. The average molecular weight is 503 g/mol. The Morgan fingerprint density at radius 2 is 1.94 bits per heavy atom. The van der Waals surface area contributed by atoms with Crippen LogP contribution in [0.1, 0.15) is 69.0 Å². The lowest BCUT2D eigenvalue weighted by atomic mass is 10.00. The van der Waals surface area contributed by atoms with Crippen LogP contribution in [0.25, 0.3) is 0 Å². The van der Waals surface area contributed by atoms with Crippen molar-refractivity contribution < 1.29 is 19.4 Å². The molecule has 1 amide bonds. The van der Waals surface area contributed by atoms with Gasteiger partial charge in [-0.15, -0.1) is 11.3 Å². The molecule has 0 fully saturated rings. The van der Waals surface area contributed by atoms with E-state index in [1.54, 1.807) is 11.3 Å². The summed E-state index contributed by atoms with van der Waals surface area (Å²) < 4.78 is 11.8. The van der Waals surface area contributed by atoms with Gasteiger partial charge in [-0.2, -0.15) is 0 Å². The fourth-order valence-corrected chi connectivity index (χ4v) is 5.41. The first-order valence-corrected chi connectivity index (χ1v) is 13.8. The van der Waals surface area contributed by atoms with Crippen LogP contribution in [0.2, 0.25) is 0 Å². The third-order valence-electron chi connectivity index (χ3n) is 6.36. The van der Waals surface area contributed by atoms with Crippen LogP contribution in [-0.2, 0) is 16.0 Å². The molecule has 6 nitrogen and oxygen atoms in total. The first kappa shape index (κ1) is 27.7. The highest BCUT2D eigenvalue weighted by molar-refractivity contribution is 7.10. The van der Waals surface area contributed by atoms with Gasteiger partial charge < -0.3 is 19.5 Å². The minimum Gasteiger partial charge on any atom is -0.491 e. The lowest BCUT2D eigenvalue weighted by molar-refractivity contribution is -0.136. The van der Waals surface area contributed by atoms with Crippen molar-refractivity contribution in [1.82, 2.24) is 9.80 Å². The molecule has 0 saturated heterocycles. The van der Waals surface area contributed by atoms with Gasteiger partial charge in [-0.3, -0.25) is 9.69 Å². The van der Waals surface area contributed by atoms with Gasteiger partial charge in [0, 0.05) is 18.0 Å². The molecular formula is C28H42N2O4S. The molecule has 1 aliphatic heterocycles. The van der Waals surface area contributed by atoms with Gasteiger partial charge in [-0.1, -0.05) is 32.9 Å². The van der Waals surface area contributed by atoms with Gasteiger partial charge in [-0.25, -0.2) is 0 Å². The third-order valence-corrected chi connectivity index (χ3v) is 7.36. The molecule has 3 rings (SSSR count). The number of aliphatic hydroxyl groups is 1. The topological polar surface area (TPSA) is 62.2 Å². The number of hydrogen-bond donors (Lipinski definition) is 1. The smallest absolute Gasteiger partial charge is 0.237 e. The molecule has 7 heteroatoms. The van der Waals surface area contributed by atoms with Gasteiger partial charge in [0.15, 0.2) is 0 Å². The molecule has 2 atom stereocenters. The van der Waals surface area contributed by atoms with Gasteiger partial charge >= 0.3 is 0 Å². The fourth-order valence-electron chi connectivity index (χ4n) is 4.49. The van der Waals surface area contributed by atoms with E-state index < -0.39 is 6.10 Å². The lowest BCUT2D eigenvalue weighted by Gasteiger charge is -2.37. The predicted octanol–water partition coefficient (Wildman–Crippen LogP) is 4.87. The summed E-state index contributed by atoms with van der Waals surface area (Å²) in [4.78, 5) is 18.9. The van der Waals surface area contributed by atoms with E-state index in [0.717, 1.165) is 25.1 Å². The van der Waals surface area contributed by atoms with Crippen LogP contribution in [-0.4, -0.2) is 72.4 Å². The summed E-state index contributed by atoms with van der Waals surface area (Å²) >= 11 is 1.76. The van der Waals surface area contributed by atoms with Crippen LogP contribution in [0.15, 0.2) is 35.7 Å². The molecule has 35 heavy (non-hydrogen) atoms. The standard InChI is InChI=1S/C28H42N2O4S/c1-6-13-29(16-23(31)18-33-21(4)5)17-28(32)30-14-11-27-25(12-15-35-27)26(30)19-34-24-9-7-22(8-10-24)20(2)3/h7-10,12,15,20-21,23,26,31H,6,11,13-14,16-19H2,1-5H3/t23-,26+/m1/s1. The number of amides is 1. The second kappa shape index (κ2) is 13.4. The quantitative estimate of drug-likeness (QED) is 0.423. The number of hydrogen-bond acceptors (Lipinski definition) is 6. The summed E-state index contributed by atoms with van der Waals surface area (Å²) in [7, 11) is 0. The number of aliphatic hydroxyl groups excluding tert-OH is 1. The van der Waals surface area contributed by atoms with Gasteiger partial charge in [-0.05, 0) is 73.9 Å². The third kappa shape index (κ3) is 8.04. The monoisotopic (exact) mass is 502 g/mol. The largest absolute Gasteiger partial charge is 0.491 e. The van der Waals surface area contributed by atoms with Crippen LogP contribution in [0.5, 0.6) is 5.75 Å². The Morgan fingerprint density at radius 1 is 1.20 bits per heavy atom. The summed E-state index contributed by atoms with van der Waals surface area (Å²) in [5.74, 6) is 1.38. The molecule has 0 radical (unpaired) electrons. The van der Waals surface area contributed by atoms with Crippen molar-refractivity contribution in [1.29, 1.82) is 0 Å². The zero-order valence-electron chi connectivity index (χ0n) is 21.9. The van der Waals surface area contributed by atoms with Crippen molar-refractivity contribution in [3.8, 4) is 5.75 Å². The zero-order valence-corrected chi connectivity index (χ0v) is 22.7. The molecule has 0 spiro atoms. The van der Waals surface area contributed by atoms with Crippen LogP contribution in [0.4, 0.5) is 0 Å². The molecule has 1 aromatic heterocycles. The number of nitrogens with zero attached hydrogens (tertiary/aromatic N) is 2. The van der Waals surface area contributed by atoms with Crippen molar-refractivity contribution in [2.24, 2.45) is 0 Å². The van der Waals surface area contributed by atoms with E-state index in [2.05, 4.69) is 44.4 Å². The maximum Gasteiger partial charge on any atom is 0.237 e. The number of benzene rings is 1. The van der Waals surface area contributed by atoms with E-state index in [0.29, 0.717) is 25.6 Å². The SMILES string of the molecule is CCCN(CC(=O)N1CCc2sccc2[C@@H]1COc1ccc(C(C)C)cc1)C[C@@H](O)COC(C)C. The Kier molecular flexibility index (Phi) is 10.6.